The Kier molecular flexibility index (Phi) is 5.00. The third kappa shape index (κ3) is 3.77. The van der Waals surface area contributed by atoms with Crippen molar-refractivity contribution in [1.82, 2.24) is 9.97 Å². The van der Waals surface area contributed by atoms with Gasteiger partial charge in [-0.2, -0.15) is 0 Å². The summed E-state index contributed by atoms with van der Waals surface area (Å²) in [7, 11) is 0. The van der Waals surface area contributed by atoms with Gasteiger partial charge in [-0.1, -0.05) is 18.2 Å². The van der Waals surface area contributed by atoms with Crippen LogP contribution in [0.4, 0.5) is 10.8 Å². The number of benzene rings is 1. The number of para-hydroxylation sites is 1. The smallest absolute Gasteiger partial charge is 0.231 e. The minimum Gasteiger partial charge on any atom is -0.310 e. The van der Waals surface area contributed by atoms with Crippen LogP contribution in [0.3, 0.4) is 0 Å². The Bertz CT molecular complexity index is 992. The van der Waals surface area contributed by atoms with E-state index in [1.807, 2.05) is 47.8 Å². The van der Waals surface area contributed by atoms with Crippen LogP contribution in [0.15, 0.2) is 58.5 Å². The Balaban J connectivity index is 1.45. The average Bonchev–Trinajstić information content (AvgIpc) is 3.30. The summed E-state index contributed by atoms with van der Waals surface area (Å²) in [4.78, 5) is 35.3. The topological polar surface area (TPSA) is 75.2 Å². The van der Waals surface area contributed by atoms with Crippen molar-refractivity contribution in [1.29, 1.82) is 0 Å². The van der Waals surface area contributed by atoms with Gasteiger partial charge in [0.15, 0.2) is 5.13 Å². The number of thiazole rings is 1. The zero-order valence-corrected chi connectivity index (χ0v) is 16.5. The molecular weight excluding hydrogens is 428 g/mol. The van der Waals surface area contributed by atoms with Gasteiger partial charge in [0.1, 0.15) is 5.69 Å². The van der Waals surface area contributed by atoms with Gasteiger partial charge in [-0.3, -0.25) is 14.6 Å². The van der Waals surface area contributed by atoms with E-state index in [0.29, 0.717) is 17.4 Å². The molecule has 3 aromatic rings. The fourth-order valence-corrected chi connectivity index (χ4v) is 4.16. The summed E-state index contributed by atoms with van der Waals surface area (Å²) in [6.45, 7) is 0.353. The molecule has 27 heavy (non-hydrogen) atoms. The lowest BCUT2D eigenvalue weighted by atomic mass is 10.1. The summed E-state index contributed by atoms with van der Waals surface area (Å²) < 4.78 is 0.833. The fraction of sp³-hybridized carbons (Fsp3) is 0.158. The molecule has 136 valence electrons. The van der Waals surface area contributed by atoms with Crippen LogP contribution in [0.5, 0.6) is 0 Å². The van der Waals surface area contributed by atoms with Gasteiger partial charge in [0.25, 0.3) is 0 Å². The van der Waals surface area contributed by atoms with Crippen LogP contribution in [0, 0.1) is 5.92 Å². The molecule has 1 fully saturated rings. The third-order valence-electron chi connectivity index (χ3n) is 4.30. The molecule has 1 atom stereocenters. The van der Waals surface area contributed by atoms with Crippen molar-refractivity contribution in [3.63, 3.8) is 0 Å². The molecule has 8 heteroatoms. The zero-order valence-electron chi connectivity index (χ0n) is 14.1. The first-order valence-corrected chi connectivity index (χ1v) is 10.0. The molecule has 1 unspecified atom stereocenters. The molecule has 2 aromatic heterocycles. The highest BCUT2D eigenvalue weighted by Gasteiger charge is 2.36. The molecule has 2 amide bonds. The predicted molar refractivity (Wildman–Crippen MR) is 109 cm³/mol. The number of nitrogens with one attached hydrogen (secondary N) is 1. The average molecular weight is 443 g/mol. The summed E-state index contributed by atoms with van der Waals surface area (Å²) in [5.74, 6) is -0.665. The largest absolute Gasteiger partial charge is 0.310 e. The number of amides is 2. The number of hydrogen-bond acceptors (Lipinski definition) is 5. The molecule has 0 bridgehead atoms. The van der Waals surface area contributed by atoms with Crippen LogP contribution in [0.2, 0.25) is 0 Å². The van der Waals surface area contributed by atoms with Gasteiger partial charge in [0.05, 0.1) is 17.3 Å². The lowest BCUT2D eigenvalue weighted by Gasteiger charge is -2.18. The van der Waals surface area contributed by atoms with Crippen molar-refractivity contribution < 1.29 is 9.59 Å². The maximum absolute atomic E-state index is 12.6. The lowest BCUT2D eigenvalue weighted by molar-refractivity contribution is -0.122. The van der Waals surface area contributed by atoms with Crippen molar-refractivity contribution in [3.8, 4) is 11.4 Å². The first-order valence-electron chi connectivity index (χ1n) is 8.34. The minimum absolute atomic E-state index is 0.0598. The normalized spacial score (nSPS) is 16.6. The van der Waals surface area contributed by atoms with E-state index in [0.717, 1.165) is 15.9 Å². The van der Waals surface area contributed by atoms with Crippen LogP contribution in [0.1, 0.15) is 6.42 Å². The maximum Gasteiger partial charge on any atom is 0.231 e. The highest BCUT2D eigenvalue weighted by atomic mass is 79.9. The number of halogens is 1. The Labute approximate surface area is 168 Å². The van der Waals surface area contributed by atoms with E-state index in [1.165, 1.54) is 11.3 Å². The van der Waals surface area contributed by atoms with Gasteiger partial charge in [0.2, 0.25) is 11.8 Å². The zero-order chi connectivity index (χ0) is 18.8. The highest BCUT2D eigenvalue weighted by molar-refractivity contribution is 9.10. The second-order valence-electron chi connectivity index (χ2n) is 6.10. The van der Waals surface area contributed by atoms with Crippen molar-refractivity contribution in [2.45, 2.75) is 6.42 Å². The van der Waals surface area contributed by atoms with E-state index in [-0.39, 0.29) is 18.2 Å². The molecule has 1 N–H and O–H groups in total. The van der Waals surface area contributed by atoms with Gasteiger partial charge >= 0.3 is 0 Å². The van der Waals surface area contributed by atoms with Gasteiger partial charge in [-0.05, 0) is 40.2 Å². The molecule has 1 aliphatic rings. The van der Waals surface area contributed by atoms with E-state index < -0.39 is 5.92 Å². The number of pyridine rings is 1. The van der Waals surface area contributed by atoms with Crippen molar-refractivity contribution in [2.75, 3.05) is 16.8 Å². The quantitative estimate of drug-likeness (QED) is 0.663. The van der Waals surface area contributed by atoms with E-state index in [1.54, 1.807) is 11.1 Å². The van der Waals surface area contributed by atoms with Crippen LogP contribution < -0.4 is 10.2 Å². The summed E-state index contributed by atoms with van der Waals surface area (Å²) in [6.07, 6.45) is 1.89. The van der Waals surface area contributed by atoms with Crippen LogP contribution in [0.25, 0.3) is 11.4 Å². The van der Waals surface area contributed by atoms with Crippen molar-refractivity contribution in [3.05, 3.63) is 58.5 Å². The van der Waals surface area contributed by atoms with Crippen molar-refractivity contribution in [2.24, 2.45) is 5.92 Å². The summed E-state index contributed by atoms with van der Waals surface area (Å²) in [6, 6.07) is 13.1. The van der Waals surface area contributed by atoms with Crippen LogP contribution in [-0.2, 0) is 9.59 Å². The standard InChI is InChI=1S/C19H15BrN4O2S/c20-13-5-1-2-7-16(13)24-10-12(9-17(24)25)18(26)23-19-22-15(11-27-19)14-6-3-4-8-21-14/h1-8,11-12H,9-10H2,(H,22,23,26). The molecule has 0 radical (unpaired) electrons. The molecule has 1 aromatic carbocycles. The molecule has 6 nitrogen and oxygen atoms in total. The Morgan fingerprint density at radius 2 is 2.00 bits per heavy atom. The number of aromatic nitrogens is 2. The van der Waals surface area contributed by atoms with E-state index >= 15 is 0 Å². The molecule has 0 saturated carbocycles. The molecule has 0 spiro atoms. The molecule has 1 saturated heterocycles. The first-order chi connectivity index (χ1) is 13.1. The van der Waals surface area contributed by atoms with E-state index in [4.69, 9.17) is 0 Å². The van der Waals surface area contributed by atoms with Gasteiger partial charge < -0.3 is 10.2 Å². The maximum atomic E-state index is 12.6. The van der Waals surface area contributed by atoms with Crippen LogP contribution in [-0.4, -0.2) is 28.3 Å². The highest BCUT2D eigenvalue weighted by Crippen LogP contribution is 2.32. The number of hydrogen-bond donors (Lipinski definition) is 1. The second kappa shape index (κ2) is 7.58. The number of carbonyl (C=O) groups is 2. The predicted octanol–water partition coefficient (Wildman–Crippen LogP) is 3.96. The minimum atomic E-state index is -0.410. The van der Waals surface area contributed by atoms with E-state index in [2.05, 4.69) is 31.2 Å². The first kappa shape index (κ1) is 17.8. The fourth-order valence-electron chi connectivity index (χ4n) is 2.96. The molecule has 0 aliphatic carbocycles. The number of carbonyl (C=O) groups excluding carboxylic acids is 2. The van der Waals surface area contributed by atoms with Crippen molar-refractivity contribution >= 4 is 49.9 Å². The van der Waals surface area contributed by atoms with Gasteiger partial charge in [-0.25, -0.2) is 4.98 Å². The summed E-state index contributed by atoms with van der Waals surface area (Å²) in [5, 5.41) is 5.19. The number of nitrogens with zero attached hydrogens (tertiary/aromatic N) is 3. The molecular formula is C19H15BrN4O2S. The Morgan fingerprint density at radius 1 is 1.19 bits per heavy atom. The monoisotopic (exact) mass is 442 g/mol. The SMILES string of the molecule is O=C(Nc1nc(-c2ccccn2)cs1)C1CC(=O)N(c2ccccc2Br)C1. The summed E-state index contributed by atoms with van der Waals surface area (Å²) in [5.41, 5.74) is 2.25. The summed E-state index contributed by atoms with van der Waals surface area (Å²) >= 11 is 4.80. The lowest BCUT2D eigenvalue weighted by Crippen LogP contribution is -2.28. The molecule has 1 aliphatic heterocycles. The number of rotatable bonds is 4. The Hall–Kier alpha value is -2.58. The van der Waals surface area contributed by atoms with Crippen LogP contribution >= 0.6 is 27.3 Å². The van der Waals surface area contributed by atoms with Gasteiger partial charge in [-0.15, -0.1) is 11.3 Å². The number of anilines is 2. The molecule has 4 rings (SSSR count). The third-order valence-corrected chi connectivity index (χ3v) is 5.73. The Morgan fingerprint density at radius 3 is 2.78 bits per heavy atom. The molecule has 3 heterocycles. The second-order valence-corrected chi connectivity index (χ2v) is 7.81. The van der Waals surface area contributed by atoms with E-state index in [9.17, 15) is 9.59 Å². The van der Waals surface area contributed by atoms with Gasteiger partial charge in [0, 0.05) is 29.0 Å².